The monoisotopic (exact) mass is 498 g/mol. The average molecular weight is 500 g/mol. The van der Waals surface area contributed by atoms with E-state index in [4.69, 9.17) is 39.5 Å². The standard InChI is InChI=1S/C23H13Cl3N4O3/c1-33-23-19(11-32)28-9-17(30-23)15-7-3-5-13(21(15)25)12-4-2-6-14(20(12)24)16-8-27-18(10-31)22(26)29-16/h2-11H,1H3. The van der Waals surface area contributed by atoms with Crippen LogP contribution in [0.1, 0.15) is 21.0 Å². The van der Waals surface area contributed by atoms with Gasteiger partial charge in [-0.3, -0.25) is 9.59 Å². The number of benzene rings is 2. The SMILES string of the molecule is COc1nc(-c2cccc(-c3cccc(-c4cnc(C=O)c(Cl)n4)c3Cl)c2Cl)cnc1C=O. The van der Waals surface area contributed by atoms with E-state index in [0.29, 0.717) is 56.3 Å². The van der Waals surface area contributed by atoms with Crippen LogP contribution < -0.4 is 4.74 Å². The van der Waals surface area contributed by atoms with Crippen molar-refractivity contribution in [2.45, 2.75) is 0 Å². The molecule has 164 valence electrons. The minimum Gasteiger partial charge on any atom is -0.479 e. The average Bonchev–Trinajstić information content (AvgIpc) is 2.84. The lowest BCUT2D eigenvalue weighted by Gasteiger charge is -2.14. The third kappa shape index (κ3) is 4.30. The molecule has 0 aliphatic rings. The second-order valence-corrected chi connectivity index (χ2v) is 7.76. The molecule has 4 rings (SSSR count). The van der Waals surface area contributed by atoms with Gasteiger partial charge in [0.2, 0.25) is 5.88 Å². The number of halogens is 3. The molecular formula is C23H13Cl3N4O3. The summed E-state index contributed by atoms with van der Waals surface area (Å²) in [4.78, 5) is 38.8. The number of carbonyl (C=O) groups is 2. The highest BCUT2D eigenvalue weighted by Crippen LogP contribution is 2.41. The molecule has 0 fully saturated rings. The van der Waals surface area contributed by atoms with Gasteiger partial charge < -0.3 is 4.74 Å². The molecule has 0 bridgehead atoms. The summed E-state index contributed by atoms with van der Waals surface area (Å²) in [5.41, 5.74) is 3.40. The molecule has 0 atom stereocenters. The zero-order chi connectivity index (χ0) is 23.5. The van der Waals surface area contributed by atoms with E-state index in [2.05, 4.69) is 19.9 Å². The molecule has 0 radical (unpaired) electrons. The van der Waals surface area contributed by atoms with Gasteiger partial charge in [-0.1, -0.05) is 71.2 Å². The second-order valence-electron chi connectivity index (χ2n) is 6.65. The number of rotatable bonds is 6. The van der Waals surface area contributed by atoms with E-state index >= 15 is 0 Å². The Morgan fingerprint density at radius 3 is 1.70 bits per heavy atom. The van der Waals surface area contributed by atoms with Crippen LogP contribution >= 0.6 is 34.8 Å². The Balaban J connectivity index is 1.83. The normalized spacial score (nSPS) is 10.7. The van der Waals surface area contributed by atoms with E-state index < -0.39 is 0 Å². The Morgan fingerprint density at radius 2 is 1.21 bits per heavy atom. The van der Waals surface area contributed by atoms with Gasteiger partial charge in [0.25, 0.3) is 0 Å². The minimum absolute atomic E-state index is 0.0182. The highest BCUT2D eigenvalue weighted by molar-refractivity contribution is 6.39. The molecule has 2 aromatic carbocycles. The Morgan fingerprint density at radius 1 is 0.727 bits per heavy atom. The number of hydrogen-bond donors (Lipinski definition) is 0. The maximum atomic E-state index is 11.1. The molecule has 10 heteroatoms. The number of methoxy groups -OCH3 is 1. The number of hydrogen-bond acceptors (Lipinski definition) is 7. The molecule has 4 aromatic rings. The largest absolute Gasteiger partial charge is 0.479 e. The third-order valence-electron chi connectivity index (χ3n) is 4.78. The van der Waals surface area contributed by atoms with Crippen molar-refractivity contribution in [3.05, 3.63) is 75.4 Å². The van der Waals surface area contributed by atoms with Crippen LogP contribution in [0.5, 0.6) is 5.88 Å². The number of aromatic nitrogens is 4. The van der Waals surface area contributed by atoms with Crippen LogP contribution in [0.3, 0.4) is 0 Å². The first-order valence-electron chi connectivity index (χ1n) is 9.40. The Kier molecular flexibility index (Phi) is 6.65. The molecule has 7 nitrogen and oxygen atoms in total. The van der Waals surface area contributed by atoms with Crippen molar-refractivity contribution in [2.24, 2.45) is 0 Å². The van der Waals surface area contributed by atoms with E-state index in [1.165, 1.54) is 19.5 Å². The summed E-state index contributed by atoms with van der Waals surface area (Å²) >= 11 is 19.5. The van der Waals surface area contributed by atoms with E-state index in [1.54, 1.807) is 24.3 Å². The third-order valence-corrected chi connectivity index (χ3v) is 5.87. The maximum Gasteiger partial charge on any atom is 0.243 e. The van der Waals surface area contributed by atoms with E-state index in [1.807, 2.05) is 12.1 Å². The Bertz CT molecular complexity index is 1400. The summed E-state index contributed by atoms with van der Waals surface area (Å²) in [6.45, 7) is 0. The van der Waals surface area contributed by atoms with Crippen molar-refractivity contribution in [3.8, 4) is 39.5 Å². The van der Waals surface area contributed by atoms with Crippen molar-refractivity contribution in [1.82, 2.24) is 19.9 Å². The fourth-order valence-electron chi connectivity index (χ4n) is 3.20. The lowest BCUT2D eigenvalue weighted by Crippen LogP contribution is -1.99. The van der Waals surface area contributed by atoms with Crippen LogP contribution in [0.25, 0.3) is 33.6 Å². The molecule has 33 heavy (non-hydrogen) atoms. The first-order valence-corrected chi connectivity index (χ1v) is 10.5. The molecule has 0 N–H and O–H groups in total. The van der Waals surface area contributed by atoms with E-state index in [-0.39, 0.29) is 22.4 Å². The van der Waals surface area contributed by atoms with Gasteiger partial charge in [-0.05, 0) is 0 Å². The summed E-state index contributed by atoms with van der Waals surface area (Å²) in [6.07, 6.45) is 3.97. The molecule has 2 aromatic heterocycles. The Hall–Kier alpha value is -3.39. The zero-order valence-corrected chi connectivity index (χ0v) is 19.2. The van der Waals surface area contributed by atoms with Crippen molar-refractivity contribution >= 4 is 47.4 Å². The zero-order valence-electron chi connectivity index (χ0n) is 16.9. The van der Waals surface area contributed by atoms with Gasteiger partial charge in [0.15, 0.2) is 23.4 Å². The van der Waals surface area contributed by atoms with Gasteiger partial charge in [-0.15, -0.1) is 0 Å². The van der Waals surface area contributed by atoms with Crippen LogP contribution in [0.4, 0.5) is 0 Å². The van der Waals surface area contributed by atoms with Crippen LogP contribution in [0.2, 0.25) is 15.2 Å². The molecule has 0 spiro atoms. The first kappa shape index (κ1) is 22.8. The first-order chi connectivity index (χ1) is 16.0. The predicted molar refractivity (Wildman–Crippen MR) is 126 cm³/mol. The van der Waals surface area contributed by atoms with Crippen molar-refractivity contribution in [3.63, 3.8) is 0 Å². The van der Waals surface area contributed by atoms with Gasteiger partial charge in [0.05, 0.1) is 40.9 Å². The van der Waals surface area contributed by atoms with Crippen molar-refractivity contribution in [1.29, 1.82) is 0 Å². The summed E-state index contributed by atoms with van der Waals surface area (Å²) < 4.78 is 5.15. The quantitative estimate of drug-likeness (QED) is 0.307. The summed E-state index contributed by atoms with van der Waals surface area (Å²) in [5.74, 6) is 0.0956. The van der Waals surface area contributed by atoms with E-state index in [0.717, 1.165) is 0 Å². The summed E-state index contributed by atoms with van der Waals surface area (Å²) in [5, 5.41) is 0.739. The number of nitrogens with zero attached hydrogens (tertiary/aromatic N) is 4. The Labute approximate surface area is 203 Å². The van der Waals surface area contributed by atoms with Crippen molar-refractivity contribution in [2.75, 3.05) is 7.11 Å². The number of aldehydes is 2. The topological polar surface area (TPSA) is 94.9 Å². The van der Waals surface area contributed by atoms with Gasteiger partial charge in [0.1, 0.15) is 5.69 Å². The highest BCUT2D eigenvalue weighted by atomic mass is 35.5. The highest BCUT2D eigenvalue weighted by Gasteiger charge is 2.18. The molecule has 0 aliphatic carbocycles. The fraction of sp³-hybridized carbons (Fsp3) is 0.0435. The number of ether oxygens (including phenoxy) is 1. The van der Waals surface area contributed by atoms with Gasteiger partial charge in [0, 0.05) is 22.3 Å². The molecule has 0 amide bonds. The molecule has 2 heterocycles. The minimum atomic E-state index is -0.0182. The van der Waals surface area contributed by atoms with Gasteiger partial charge in [-0.25, -0.2) is 19.9 Å². The molecule has 0 saturated carbocycles. The molecule has 0 saturated heterocycles. The van der Waals surface area contributed by atoms with Crippen LogP contribution in [0, 0.1) is 0 Å². The number of carbonyl (C=O) groups excluding carboxylic acids is 2. The smallest absolute Gasteiger partial charge is 0.243 e. The molecule has 0 unspecified atom stereocenters. The molecule has 0 aliphatic heterocycles. The van der Waals surface area contributed by atoms with Gasteiger partial charge in [-0.2, -0.15) is 0 Å². The van der Waals surface area contributed by atoms with Crippen LogP contribution in [0.15, 0.2) is 48.8 Å². The lowest BCUT2D eigenvalue weighted by atomic mass is 9.98. The fourth-order valence-corrected chi connectivity index (χ4v) is 4.04. The maximum absolute atomic E-state index is 11.1. The van der Waals surface area contributed by atoms with Crippen molar-refractivity contribution < 1.29 is 14.3 Å². The predicted octanol–water partition coefficient (Wildman–Crippen LogP) is 5.86. The summed E-state index contributed by atoms with van der Waals surface area (Å²) in [6, 6.07) is 10.8. The second kappa shape index (κ2) is 9.62. The van der Waals surface area contributed by atoms with Crippen LogP contribution in [-0.4, -0.2) is 39.6 Å². The lowest BCUT2D eigenvalue weighted by molar-refractivity contribution is 0.110. The van der Waals surface area contributed by atoms with Gasteiger partial charge >= 0.3 is 0 Å². The van der Waals surface area contributed by atoms with E-state index in [9.17, 15) is 9.59 Å². The van der Waals surface area contributed by atoms with Crippen LogP contribution in [-0.2, 0) is 0 Å². The summed E-state index contributed by atoms with van der Waals surface area (Å²) in [7, 11) is 1.40. The molecular weight excluding hydrogens is 487 g/mol.